The van der Waals surface area contributed by atoms with Crippen LogP contribution in [0.25, 0.3) is 0 Å². The van der Waals surface area contributed by atoms with Crippen LogP contribution < -0.4 is 15.8 Å². The van der Waals surface area contributed by atoms with Crippen LogP contribution in [0, 0.1) is 5.92 Å². The lowest BCUT2D eigenvalue weighted by molar-refractivity contribution is -0.124. The van der Waals surface area contributed by atoms with Crippen LogP contribution in [0.2, 0.25) is 0 Å². The number of primary amides is 1. The average Bonchev–Trinajstić information content (AvgIpc) is 2.54. The van der Waals surface area contributed by atoms with Crippen molar-refractivity contribution in [3.05, 3.63) is 24.3 Å². The highest BCUT2D eigenvalue weighted by Crippen LogP contribution is 2.20. The van der Waals surface area contributed by atoms with E-state index in [4.69, 9.17) is 10.5 Å². The van der Waals surface area contributed by atoms with Crippen molar-refractivity contribution in [3.8, 4) is 5.75 Å². The lowest BCUT2D eigenvalue weighted by Gasteiger charge is -2.34. The summed E-state index contributed by atoms with van der Waals surface area (Å²) in [5, 5.41) is 2.90. The zero-order chi connectivity index (χ0) is 16.1. The molecule has 1 heterocycles. The Hall–Kier alpha value is -2.08. The second-order valence-corrected chi connectivity index (χ2v) is 5.61. The van der Waals surface area contributed by atoms with Gasteiger partial charge in [0.15, 0.2) is 0 Å². The number of hydrogen-bond acceptors (Lipinski definition) is 4. The number of ether oxygens (including phenoxy) is 1. The van der Waals surface area contributed by atoms with Gasteiger partial charge in [0.2, 0.25) is 11.8 Å². The van der Waals surface area contributed by atoms with Crippen LogP contribution in [0.4, 0.5) is 5.69 Å². The molecule has 1 aliphatic heterocycles. The Bertz CT molecular complexity index is 539. The molecule has 0 aromatic heterocycles. The maximum Gasteiger partial charge on any atom is 0.241 e. The van der Waals surface area contributed by atoms with Gasteiger partial charge in [0.25, 0.3) is 0 Å². The molecule has 0 radical (unpaired) electrons. The smallest absolute Gasteiger partial charge is 0.241 e. The highest BCUT2D eigenvalue weighted by Gasteiger charge is 2.28. The fourth-order valence-corrected chi connectivity index (χ4v) is 2.68. The maximum absolute atomic E-state index is 12.3. The van der Waals surface area contributed by atoms with E-state index < -0.39 is 0 Å². The van der Waals surface area contributed by atoms with E-state index in [2.05, 4.69) is 10.2 Å². The molecule has 2 amide bonds. The van der Waals surface area contributed by atoms with E-state index in [-0.39, 0.29) is 23.8 Å². The van der Waals surface area contributed by atoms with Gasteiger partial charge in [-0.25, -0.2) is 0 Å². The van der Waals surface area contributed by atoms with Gasteiger partial charge in [-0.15, -0.1) is 0 Å². The number of carbonyl (C=O) groups excluding carboxylic acids is 2. The first-order valence-corrected chi connectivity index (χ1v) is 7.49. The molecule has 1 aromatic rings. The van der Waals surface area contributed by atoms with Gasteiger partial charge in [0, 0.05) is 17.7 Å². The van der Waals surface area contributed by atoms with Crippen molar-refractivity contribution in [2.75, 3.05) is 25.5 Å². The van der Waals surface area contributed by atoms with Crippen LogP contribution in [0.1, 0.15) is 19.8 Å². The number of benzene rings is 1. The van der Waals surface area contributed by atoms with Crippen molar-refractivity contribution in [1.82, 2.24) is 4.90 Å². The lowest BCUT2D eigenvalue weighted by Crippen LogP contribution is -2.47. The zero-order valence-corrected chi connectivity index (χ0v) is 13.0. The van der Waals surface area contributed by atoms with E-state index in [1.165, 1.54) is 0 Å². The Morgan fingerprint density at radius 3 is 2.64 bits per heavy atom. The molecule has 1 aromatic carbocycles. The Morgan fingerprint density at radius 2 is 2.05 bits per heavy atom. The quantitative estimate of drug-likeness (QED) is 0.856. The Balaban J connectivity index is 1.91. The second kappa shape index (κ2) is 7.26. The number of nitrogens with zero attached hydrogens (tertiary/aromatic N) is 1. The van der Waals surface area contributed by atoms with Crippen molar-refractivity contribution < 1.29 is 14.3 Å². The van der Waals surface area contributed by atoms with Gasteiger partial charge in [-0.1, -0.05) is 6.07 Å². The molecule has 1 fully saturated rings. The van der Waals surface area contributed by atoms with Crippen molar-refractivity contribution in [2.24, 2.45) is 11.7 Å². The molecule has 1 aliphatic rings. The van der Waals surface area contributed by atoms with Crippen LogP contribution in [0.15, 0.2) is 24.3 Å². The van der Waals surface area contributed by atoms with Gasteiger partial charge in [-0.05, 0) is 45.0 Å². The van der Waals surface area contributed by atoms with Crippen LogP contribution in [-0.4, -0.2) is 43.0 Å². The molecule has 3 N–H and O–H groups in total. The topological polar surface area (TPSA) is 84.7 Å². The number of piperidine rings is 1. The van der Waals surface area contributed by atoms with Gasteiger partial charge in [0.1, 0.15) is 5.75 Å². The minimum absolute atomic E-state index is 0.0641. The first-order chi connectivity index (χ1) is 10.5. The number of anilines is 1. The minimum Gasteiger partial charge on any atom is -0.497 e. The average molecular weight is 305 g/mol. The van der Waals surface area contributed by atoms with Crippen LogP contribution >= 0.6 is 0 Å². The van der Waals surface area contributed by atoms with Crippen molar-refractivity contribution in [3.63, 3.8) is 0 Å². The van der Waals surface area contributed by atoms with E-state index in [0.29, 0.717) is 37.4 Å². The van der Waals surface area contributed by atoms with E-state index in [1.54, 1.807) is 13.2 Å². The Morgan fingerprint density at radius 1 is 1.36 bits per heavy atom. The molecule has 22 heavy (non-hydrogen) atoms. The molecule has 1 atom stereocenters. The highest BCUT2D eigenvalue weighted by atomic mass is 16.5. The number of rotatable bonds is 5. The predicted molar refractivity (Wildman–Crippen MR) is 84.6 cm³/mol. The van der Waals surface area contributed by atoms with Gasteiger partial charge < -0.3 is 15.8 Å². The number of hydrogen-bond donors (Lipinski definition) is 2. The summed E-state index contributed by atoms with van der Waals surface area (Å²) in [6.07, 6.45) is 1.43. The molecule has 120 valence electrons. The number of likely N-dealkylation sites (tertiary alicyclic amines) is 1. The molecule has 6 heteroatoms. The van der Waals surface area contributed by atoms with Crippen molar-refractivity contribution >= 4 is 17.5 Å². The maximum atomic E-state index is 12.3. The molecular formula is C16H23N3O3. The number of carbonyl (C=O) groups is 2. The summed E-state index contributed by atoms with van der Waals surface area (Å²) in [6.45, 7) is 3.29. The molecule has 6 nitrogen and oxygen atoms in total. The van der Waals surface area contributed by atoms with Gasteiger partial charge in [-0.2, -0.15) is 0 Å². The molecular weight excluding hydrogens is 282 g/mol. The fourth-order valence-electron chi connectivity index (χ4n) is 2.68. The second-order valence-electron chi connectivity index (χ2n) is 5.61. The molecule has 0 bridgehead atoms. The summed E-state index contributed by atoms with van der Waals surface area (Å²) in [4.78, 5) is 25.6. The van der Waals surface area contributed by atoms with Crippen molar-refractivity contribution in [1.29, 1.82) is 0 Å². The molecule has 0 saturated carbocycles. The molecule has 2 rings (SSSR count). The summed E-state index contributed by atoms with van der Waals surface area (Å²) in [6, 6.07) is 7.02. The van der Waals surface area contributed by atoms with Crippen LogP contribution in [0.5, 0.6) is 5.75 Å². The lowest BCUT2D eigenvalue weighted by atomic mass is 9.95. The normalized spacial score (nSPS) is 17.7. The third kappa shape index (κ3) is 3.98. The summed E-state index contributed by atoms with van der Waals surface area (Å²) in [5.74, 6) is 0.330. The number of nitrogens with two attached hydrogens (primary N) is 1. The van der Waals surface area contributed by atoms with E-state index in [9.17, 15) is 9.59 Å². The van der Waals surface area contributed by atoms with Gasteiger partial charge >= 0.3 is 0 Å². The van der Waals surface area contributed by atoms with E-state index in [0.717, 1.165) is 0 Å². The standard InChI is InChI=1S/C16H23N3O3/c1-11(19-8-6-12(7-9-19)15(17)20)16(21)18-13-4-3-5-14(10-13)22-2/h3-5,10-12H,6-9H2,1-2H3,(H2,17,20)(H,18,21)/t11-/m0/s1. The number of nitrogens with one attached hydrogen (secondary N) is 1. The fraction of sp³-hybridized carbons (Fsp3) is 0.500. The summed E-state index contributed by atoms with van der Waals surface area (Å²) in [5.41, 5.74) is 6.04. The third-order valence-corrected chi connectivity index (χ3v) is 4.20. The van der Waals surface area contributed by atoms with Crippen molar-refractivity contribution in [2.45, 2.75) is 25.8 Å². The molecule has 0 unspecified atom stereocenters. The monoisotopic (exact) mass is 305 g/mol. The minimum atomic E-state index is -0.250. The Kier molecular flexibility index (Phi) is 5.38. The van der Waals surface area contributed by atoms with Gasteiger partial charge in [-0.3, -0.25) is 14.5 Å². The number of amides is 2. The Labute approximate surface area is 130 Å². The van der Waals surface area contributed by atoms with E-state index in [1.807, 2.05) is 25.1 Å². The first kappa shape index (κ1) is 16.3. The molecule has 0 aliphatic carbocycles. The highest BCUT2D eigenvalue weighted by molar-refractivity contribution is 5.94. The van der Waals surface area contributed by atoms with Gasteiger partial charge in [0.05, 0.1) is 13.2 Å². The SMILES string of the molecule is COc1cccc(NC(=O)[C@H](C)N2CCC(C(N)=O)CC2)c1. The van der Waals surface area contributed by atoms with E-state index >= 15 is 0 Å². The number of methoxy groups -OCH3 is 1. The molecule has 0 spiro atoms. The summed E-state index contributed by atoms with van der Waals surface area (Å²) >= 11 is 0. The van der Waals surface area contributed by atoms with Crippen LogP contribution in [-0.2, 0) is 9.59 Å². The zero-order valence-electron chi connectivity index (χ0n) is 13.0. The first-order valence-electron chi connectivity index (χ1n) is 7.49. The predicted octanol–water partition coefficient (Wildman–Crippen LogP) is 1.22. The third-order valence-electron chi connectivity index (χ3n) is 4.20. The largest absolute Gasteiger partial charge is 0.497 e. The summed E-state index contributed by atoms with van der Waals surface area (Å²) in [7, 11) is 1.59. The summed E-state index contributed by atoms with van der Waals surface area (Å²) < 4.78 is 5.14. The van der Waals surface area contributed by atoms with Crippen LogP contribution in [0.3, 0.4) is 0 Å². The molecule has 1 saturated heterocycles.